The Morgan fingerprint density at radius 2 is 2.10 bits per heavy atom. The Kier molecular flexibility index (Phi) is 5.12. The number of nitro benzene ring substituents is 1. The highest BCUT2D eigenvalue weighted by molar-refractivity contribution is 5.68. The standard InChI is InChI=1S/C12H13F3N2O4/c1-2-7(5-11(18)19)16-10-4-3-8(17(20)21)6-9(10)12(13,14)15/h3-4,6-7,16H,2,5H2,1H3,(H,18,19). The van der Waals surface area contributed by atoms with Crippen molar-refractivity contribution in [2.45, 2.75) is 32.0 Å². The van der Waals surface area contributed by atoms with Crippen LogP contribution in [0.15, 0.2) is 18.2 Å². The van der Waals surface area contributed by atoms with Gasteiger partial charge in [0.1, 0.15) is 0 Å². The molecule has 0 aliphatic rings. The monoisotopic (exact) mass is 306 g/mol. The molecule has 6 nitrogen and oxygen atoms in total. The molecule has 0 heterocycles. The number of non-ortho nitro benzene ring substituents is 1. The van der Waals surface area contributed by atoms with Crippen LogP contribution in [-0.4, -0.2) is 22.0 Å². The van der Waals surface area contributed by atoms with E-state index >= 15 is 0 Å². The highest BCUT2D eigenvalue weighted by Crippen LogP contribution is 2.37. The highest BCUT2D eigenvalue weighted by atomic mass is 19.4. The molecule has 1 rings (SSSR count). The number of rotatable bonds is 6. The lowest BCUT2D eigenvalue weighted by Gasteiger charge is -2.20. The molecule has 0 spiro atoms. The van der Waals surface area contributed by atoms with Crippen LogP contribution in [0.4, 0.5) is 24.5 Å². The van der Waals surface area contributed by atoms with Gasteiger partial charge in [-0.1, -0.05) is 6.92 Å². The summed E-state index contributed by atoms with van der Waals surface area (Å²) in [6.45, 7) is 1.62. The molecule has 0 bridgehead atoms. The summed E-state index contributed by atoms with van der Waals surface area (Å²) in [5, 5.41) is 21.7. The second-order valence-corrected chi connectivity index (χ2v) is 4.33. The molecule has 21 heavy (non-hydrogen) atoms. The van der Waals surface area contributed by atoms with Crippen LogP contribution in [0.1, 0.15) is 25.3 Å². The van der Waals surface area contributed by atoms with Crippen LogP contribution in [-0.2, 0) is 11.0 Å². The van der Waals surface area contributed by atoms with Crippen molar-refractivity contribution in [1.82, 2.24) is 0 Å². The van der Waals surface area contributed by atoms with E-state index in [1.807, 2.05) is 0 Å². The molecule has 2 N–H and O–H groups in total. The average Bonchev–Trinajstić information content (AvgIpc) is 2.36. The maximum Gasteiger partial charge on any atom is 0.418 e. The second kappa shape index (κ2) is 6.42. The first-order chi connectivity index (χ1) is 9.65. The first-order valence-electron chi connectivity index (χ1n) is 5.99. The molecule has 0 amide bonds. The van der Waals surface area contributed by atoms with E-state index in [0.717, 1.165) is 12.1 Å². The van der Waals surface area contributed by atoms with Crippen LogP contribution in [0.2, 0.25) is 0 Å². The van der Waals surface area contributed by atoms with Gasteiger partial charge in [0.05, 0.1) is 16.9 Å². The molecule has 0 aromatic heterocycles. The zero-order valence-electron chi connectivity index (χ0n) is 11.0. The van der Waals surface area contributed by atoms with Gasteiger partial charge < -0.3 is 10.4 Å². The van der Waals surface area contributed by atoms with Gasteiger partial charge in [0, 0.05) is 23.9 Å². The van der Waals surface area contributed by atoms with Crippen molar-refractivity contribution in [3.05, 3.63) is 33.9 Å². The minimum atomic E-state index is -4.78. The van der Waals surface area contributed by atoms with Gasteiger partial charge in [0.2, 0.25) is 0 Å². The molecular formula is C12H13F3N2O4. The molecule has 1 aromatic carbocycles. The summed E-state index contributed by atoms with van der Waals surface area (Å²) >= 11 is 0. The third-order valence-corrected chi connectivity index (χ3v) is 2.79. The van der Waals surface area contributed by atoms with Gasteiger partial charge in [0.25, 0.3) is 5.69 Å². The number of hydrogen-bond acceptors (Lipinski definition) is 4. The number of alkyl halides is 3. The van der Waals surface area contributed by atoms with Crippen molar-refractivity contribution in [1.29, 1.82) is 0 Å². The number of carboxylic acids is 1. The molecule has 0 aliphatic carbocycles. The fraction of sp³-hybridized carbons (Fsp3) is 0.417. The number of carbonyl (C=O) groups is 1. The van der Waals surface area contributed by atoms with Crippen LogP contribution in [0.5, 0.6) is 0 Å². The third-order valence-electron chi connectivity index (χ3n) is 2.79. The van der Waals surface area contributed by atoms with Crippen LogP contribution in [0, 0.1) is 10.1 Å². The predicted molar refractivity (Wildman–Crippen MR) is 68.1 cm³/mol. The largest absolute Gasteiger partial charge is 0.481 e. The number of aliphatic carboxylic acids is 1. The minimum absolute atomic E-state index is 0.292. The van der Waals surface area contributed by atoms with Gasteiger partial charge in [-0.25, -0.2) is 0 Å². The fourth-order valence-electron chi connectivity index (χ4n) is 1.73. The van der Waals surface area contributed by atoms with E-state index in [1.165, 1.54) is 0 Å². The van der Waals surface area contributed by atoms with Crippen molar-refractivity contribution in [2.75, 3.05) is 5.32 Å². The fourth-order valence-corrected chi connectivity index (χ4v) is 1.73. The molecule has 0 aliphatic heterocycles. The number of carboxylic acid groups (broad SMARTS) is 1. The predicted octanol–water partition coefficient (Wildman–Crippen LogP) is 3.28. The minimum Gasteiger partial charge on any atom is -0.481 e. The first-order valence-corrected chi connectivity index (χ1v) is 5.99. The molecule has 116 valence electrons. The number of halogens is 3. The van der Waals surface area contributed by atoms with Crippen molar-refractivity contribution in [3.63, 3.8) is 0 Å². The molecule has 0 radical (unpaired) electrons. The van der Waals surface area contributed by atoms with Crippen molar-refractivity contribution >= 4 is 17.3 Å². The Hall–Kier alpha value is -2.32. The lowest BCUT2D eigenvalue weighted by molar-refractivity contribution is -0.385. The average molecular weight is 306 g/mol. The van der Waals surface area contributed by atoms with Gasteiger partial charge in [-0.05, 0) is 12.5 Å². The SMILES string of the molecule is CCC(CC(=O)O)Nc1ccc([N+](=O)[O-])cc1C(F)(F)F. The number of nitro groups is 1. The van der Waals surface area contributed by atoms with E-state index in [1.54, 1.807) is 6.92 Å². The van der Waals surface area contributed by atoms with Crippen molar-refractivity contribution in [2.24, 2.45) is 0 Å². The van der Waals surface area contributed by atoms with Crippen LogP contribution in [0.3, 0.4) is 0 Å². The summed E-state index contributed by atoms with van der Waals surface area (Å²) in [5.41, 5.74) is -2.25. The number of benzene rings is 1. The summed E-state index contributed by atoms with van der Waals surface area (Å²) in [7, 11) is 0. The molecule has 0 saturated carbocycles. The zero-order valence-corrected chi connectivity index (χ0v) is 11.0. The van der Waals surface area contributed by atoms with Crippen molar-refractivity contribution in [3.8, 4) is 0 Å². The molecule has 0 saturated heterocycles. The maximum atomic E-state index is 12.9. The third kappa shape index (κ3) is 4.62. The molecule has 1 aromatic rings. The normalized spacial score (nSPS) is 12.8. The van der Waals surface area contributed by atoms with E-state index in [0.29, 0.717) is 12.5 Å². The lowest BCUT2D eigenvalue weighted by atomic mass is 10.1. The molecule has 1 unspecified atom stereocenters. The summed E-state index contributed by atoms with van der Waals surface area (Å²) in [6.07, 6.45) is -4.85. The molecule has 0 fully saturated rings. The summed E-state index contributed by atoms with van der Waals surface area (Å²) in [5.74, 6) is -1.15. The first kappa shape index (κ1) is 16.7. The number of anilines is 1. The van der Waals surface area contributed by atoms with E-state index in [9.17, 15) is 28.1 Å². The molecular weight excluding hydrogens is 293 g/mol. The maximum absolute atomic E-state index is 12.9. The quantitative estimate of drug-likeness (QED) is 0.621. The lowest BCUT2D eigenvalue weighted by Crippen LogP contribution is -2.24. The number of nitrogens with one attached hydrogen (secondary N) is 1. The number of nitrogens with zero attached hydrogens (tertiary/aromatic N) is 1. The highest BCUT2D eigenvalue weighted by Gasteiger charge is 2.35. The van der Waals surface area contributed by atoms with Gasteiger partial charge in [0.15, 0.2) is 0 Å². The Bertz CT molecular complexity index is 546. The van der Waals surface area contributed by atoms with Crippen LogP contribution >= 0.6 is 0 Å². The van der Waals surface area contributed by atoms with E-state index in [4.69, 9.17) is 5.11 Å². The molecule has 1 atom stereocenters. The Morgan fingerprint density at radius 3 is 2.52 bits per heavy atom. The van der Waals surface area contributed by atoms with E-state index in [2.05, 4.69) is 5.32 Å². The van der Waals surface area contributed by atoms with Gasteiger partial charge in [-0.15, -0.1) is 0 Å². The van der Waals surface area contributed by atoms with E-state index in [-0.39, 0.29) is 12.1 Å². The van der Waals surface area contributed by atoms with Crippen LogP contribution < -0.4 is 5.32 Å². The Labute approximate surface area is 117 Å². The van der Waals surface area contributed by atoms with Gasteiger partial charge >= 0.3 is 12.1 Å². The molecule has 9 heteroatoms. The van der Waals surface area contributed by atoms with Crippen LogP contribution in [0.25, 0.3) is 0 Å². The Morgan fingerprint density at radius 1 is 1.48 bits per heavy atom. The topological polar surface area (TPSA) is 92.5 Å². The second-order valence-electron chi connectivity index (χ2n) is 4.33. The number of hydrogen-bond donors (Lipinski definition) is 2. The summed E-state index contributed by atoms with van der Waals surface area (Å²) in [6, 6.07) is 1.59. The smallest absolute Gasteiger partial charge is 0.418 e. The summed E-state index contributed by atoms with van der Waals surface area (Å²) in [4.78, 5) is 20.3. The van der Waals surface area contributed by atoms with E-state index < -0.39 is 34.4 Å². The van der Waals surface area contributed by atoms with Gasteiger partial charge in [-0.2, -0.15) is 13.2 Å². The van der Waals surface area contributed by atoms with Gasteiger partial charge in [-0.3, -0.25) is 14.9 Å². The summed E-state index contributed by atoms with van der Waals surface area (Å²) < 4.78 is 38.8. The zero-order chi connectivity index (χ0) is 16.2. The van der Waals surface area contributed by atoms with Crippen molar-refractivity contribution < 1.29 is 28.0 Å². The Balaban J connectivity index is 3.16.